The maximum atomic E-state index is 13.0. The van der Waals surface area contributed by atoms with Gasteiger partial charge in [0.1, 0.15) is 5.75 Å². The molecular formula is C13H10F3NO. The van der Waals surface area contributed by atoms with Gasteiger partial charge in [0.25, 0.3) is 0 Å². The molecule has 0 saturated heterocycles. The Labute approximate surface area is 102 Å². The summed E-state index contributed by atoms with van der Waals surface area (Å²) in [5, 5.41) is 0. The molecule has 0 aliphatic rings. The second kappa shape index (κ2) is 4.68. The molecule has 1 heterocycles. The van der Waals surface area contributed by atoms with Crippen molar-refractivity contribution in [3.8, 4) is 16.9 Å². The number of aromatic nitrogens is 1. The van der Waals surface area contributed by atoms with E-state index in [4.69, 9.17) is 4.74 Å². The molecule has 1 aromatic heterocycles. The number of methoxy groups -OCH3 is 1. The quantitative estimate of drug-likeness (QED) is 0.812. The first kappa shape index (κ1) is 12.4. The highest BCUT2D eigenvalue weighted by Gasteiger charge is 2.35. The van der Waals surface area contributed by atoms with Crippen LogP contribution in [0.15, 0.2) is 42.7 Å². The molecule has 1 aromatic carbocycles. The monoisotopic (exact) mass is 253 g/mol. The summed E-state index contributed by atoms with van der Waals surface area (Å²) in [5.41, 5.74) is -0.335. The van der Waals surface area contributed by atoms with Crippen molar-refractivity contribution in [2.45, 2.75) is 6.18 Å². The second-order valence-electron chi connectivity index (χ2n) is 3.63. The molecule has 2 aromatic rings. The number of hydrogen-bond acceptors (Lipinski definition) is 2. The predicted molar refractivity (Wildman–Crippen MR) is 61.2 cm³/mol. The van der Waals surface area contributed by atoms with Crippen molar-refractivity contribution in [2.75, 3.05) is 7.11 Å². The first-order valence-corrected chi connectivity index (χ1v) is 5.18. The van der Waals surface area contributed by atoms with Crippen LogP contribution in [0, 0.1) is 0 Å². The molecule has 5 heteroatoms. The van der Waals surface area contributed by atoms with Gasteiger partial charge in [0.2, 0.25) is 0 Å². The molecule has 0 unspecified atom stereocenters. The zero-order valence-corrected chi connectivity index (χ0v) is 9.53. The Hall–Kier alpha value is -2.04. The summed E-state index contributed by atoms with van der Waals surface area (Å²) in [7, 11) is 1.32. The second-order valence-corrected chi connectivity index (χ2v) is 3.63. The topological polar surface area (TPSA) is 22.1 Å². The van der Waals surface area contributed by atoms with Gasteiger partial charge in [-0.25, -0.2) is 0 Å². The molecule has 2 nitrogen and oxygen atoms in total. The van der Waals surface area contributed by atoms with Crippen LogP contribution in [0.4, 0.5) is 13.2 Å². The lowest BCUT2D eigenvalue weighted by Crippen LogP contribution is -2.09. The first-order valence-electron chi connectivity index (χ1n) is 5.18. The van der Waals surface area contributed by atoms with Crippen molar-refractivity contribution in [2.24, 2.45) is 0 Å². The fourth-order valence-electron chi connectivity index (χ4n) is 1.71. The Bertz CT molecular complexity index is 538. The maximum Gasteiger partial charge on any atom is 0.418 e. The van der Waals surface area contributed by atoms with E-state index in [1.165, 1.54) is 13.3 Å². The van der Waals surface area contributed by atoms with Crippen LogP contribution in [0.2, 0.25) is 0 Å². The minimum atomic E-state index is -4.47. The van der Waals surface area contributed by atoms with E-state index in [9.17, 15) is 13.2 Å². The van der Waals surface area contributed by atoms with Gasteiger partial charge in [-0.15, -0.1) is 0 Å². The molecule has 0 aliphatic heterocycles. The van der Waals surface area contributed by atoms with Crippen LogP contribution >= 0.6 is 0 Å². The van der Waals surface area contributed by atoms with Gasteiger partial charge >= 0.3 is 6.18 Å². The van der Waals surface area contributed by atoms with Crippen LogP contribution in [0.3, 0.4) is 0 Å². The van der Waals surface area contributed by atoms with Gasteiger partial charge in [-0.1, -0.05) is 30.3 Å². The molecular weight excluding hydrogens is 243 g/mol. The molecule has 0 atom stereocenters. The van der Waals surface area contributed by atoms with Gasteiger partial charge < -0.3 is 4.74 Å². The molecule has 0 spiro atoms. The third-order valence-electron chi connectivity index (χ3n) is 2.50. The third kappa shape index (κ3) is 2.30. The predicted octanol–water partition coefficient (Wildman–Crippen LogP) is 3.78. The van der Waals surface area contributed by atoms with Gasteiger partial charge in [-0.3, -0.25) is 4.98 Å². The van der Waals surface area contributed by atoms with Crippen LogP contribution in [-0.2, 0) is 6.18 Å². The number of alkyl halides is 3. The van der Waals surface area contributed by atoms with Crippen molar-refractivity contribution >= 4 is 0 Å². The highest BCUT2D eigenvalue weighted by atomic mass is 19.4. The van der Waals surface area contributed by atoms with Gasteiger partial charge in [-0.2, -0.15) is 13.2 Å². The van der Waals surface area contributed by atoms with Crippen molar-refractivity contribution in [3.63, 3.8) is 0 Å². The van der Waals surface area contributed by atoms with E-state index in [1.54, 1.807) is 30.3 Å². The molecule has 0 fully saturated rings. The minimum Gasteiger partial charge on any atom is -0.494 e. The fraction of sp³-hybridized carbons (Fsp3) is 0.154. The molecule has 18 heavy (non-hydrogen) atoms. The molecule has 94 valence electrons. The van der Waals surface area contributed by atoms with Crippen molar-refractivity contribution in [1.82, 2.24) is 4.98 Å². The number of hydrogen-bond donors (Lipinski definition) is 0. The van der Waals surface area contributed by atoms with Gasteiger partial charge in [-0.05, 0) is 5.56 Å². The molecule has 0 radical (unpaired) electrons. The summed E-state index contributed by atoms with van der Waals surface area (Å²) in [6, 6.07) is 8.30. The lowest BCUT2D eigenvalue weighted by atomic mass is 10.0. The Morgan fingerprint density at radius 2 is 1.72 bits per heavy atom. The Morgan fingerprint density at radius 3 is 2.28 bits per heavy atom. The zero-order valence-electron chi connectivity index (χ0n) is 9.53. The summed E-state index contributed by atoms with van der Waals surface area (Å²) in [6.45, 7) is 0. The van der Waals surface area contributed by atoms with E-state index in [0.717, 1.165) is 6.20 Å². The van der Waals surface area contributed by atoms with Gasteiger partial charge in [0.05, 0.1) is 18.9 Å². The van der Waals surface area contributed by atoms with Crippen LogP contribution < -0.4 is 4.74 Å². The number of benzene rings is 1. The number of ether oxygens (including phenoxy) is 1. The Morgan fingerprint density at radius 1 is 1.06 bits per heavy atom. The van der Waals surface area contributed by atoms with Crippen LogP contribution in [0.5, 0.6) is 5.75 Å². The van der Waals surface area contributed by atoms with E-state index in [0.29, 0.717) is 5.56 Å². The average molecular weight is 253 g/mol. The maximum absolute atomic E-state index is 13.0. The van der Waals surface area contributed by atoms with E-state index in [-0.39, 0.29) is 11.3 Å². The zero-order chi connectivity index (χ0) is 13.2. The molecule has 2 rings (SSSR count). The van der Waals surface area contributed by atoms with Crippen LogP contribution in [-0.4, -0.2) is 12.1 Å². The summed E-state index contributed by atoms with van der Waals surface area (Å²) in [5.74, 6) is 0.107. The van der Waals surface area contributed by atoms with E-state index >= 15 is 0 Å². The largest absolute Gasteiger partial charge is 0.494 e. The van der Waals surface area contributed by atoms with Crippen molar-refractivity contribution < 1.29 is 17.9 Å². The smallest absolute Gasteiger partial charge is 0.418 e. The lowest BCUT2D eigenvalue weighted by Gasteiger charge is -2.15. The van der Waals surface area contributed by atoms with Crippen molar-refractivity contribution in [3.05, 3.63) is 48.3 Å². The highest BCUT2D eigenvalue weighted by molar-refractivity contribution is 5.73. The van der Waals surface area contributed by atoms with E-state index in [1.807, 2.05) is 0 Å². The summed E-state index contributed by atoms with van der Waals surface area (Å²) >= 11 is 0. The van der Waals surface area contributed by atoms with Gasteiger partial charge in [0, 0.05) is 11.8 Å². The fourth-order valence-corrected chi connectivity index (χ4v) is 1.71. The molecule has 0 amide bonds. The van der Waals surface area contributed by atoms with E-state index in [2.05, 4.69) is 4.98 Å². The number of halogens is 3. The average Bonchev–Trinajstić information content (AvgIpc) is 2.38. The summed E-state index contributed by atoms with van der Waals surface area (Å²) in [6.07, 6.45) is -2.38. The molecule has 0 bridgehead atoms. The van der Waals surface area contributed by atoms with Gasteiger partial charge in [0.15, 0.2) is 0 Å². The Balaban J connectivity index is 2.70. The molecule has 0 saturated carbocycles. The van der Waals surface area contributed by atoms with Crippen LogP contribution in [0.1, 0.15) is 5.56 Å². The summed E-state index contributed by atoms with van der Waals surface area (Å²) in [4.78, 5) is 3.56. The highest BCUT2D eigenvalue weighted by Crippen LogP contribution is 2.41. The molecule has 0 N–H and O–H groups in total. The Kier molecular flexibility index (Phi) is 3.23. The molecule has 0 aliphatic carbocycles. The lowest BCUT2D eigenvalue weighted by molar-refractivity contribution is -0.137. The normalized spacial score (nSPS) is 11.3. The number of pyridine rings is 1. The van der Waals surface area contributed by atoms with Crippen LogP contribution in [0.25, 0.3) is 11.1 Å². The van der Waals surface area contributed by atoms with E-state index < -0.39 is 11.7 Å². The third-order valence-corrected chi connectivity index (χ3v) is 2.50. The minimum absolute atomic E-state index is 0.0144. The number of nitrogens with zero attached hydrogens (tertiary/aromatic N) is 1. The first-order chi connectivity index (χ1) is 8.54. The van der Waals surface area contributed by atoms with Crippen molar-refractivity contribution in [1.29, 1.82) is 0 Å². The standard InChI is InChI=1S/C13H10F3NO/c1-18-11-8-17-7-10(13(14,15)16)12(11)9-5-3-2-4-6-9/h2-8H,1H3. The SMILES string of the molecule is COc1cncc(C(F)(F)F)c1-c1ccccc1. The summed E-state index contributed by atoms with van der Waals surface area (Å²) < 4.78 is 43.8. The number of rotatable bonds is 2.